The Kier molecular flexibility index (Phi) is 3.94. The van der Waals surface area contributed by atoms with Gasteiger partial charge in [0.2, 0.25) is 0 Å². The van der Waals surface area contributed by atoms with Gasteiger partial charge in [-0.25, -0.2) is 0 Å². The van der Waals surface area contributed by atoms with Crippen molar-refractivity contribution >= 4 is 0 Å². The van der Waals surface area contributed by atoms with Crippen molar-refractivity contribution < 1.29 is 4.74 Å². The molecular formula is C18H22O. The van der Waals surface area contributed by atoms with Crippen molar-refractivity contribution in [2.75, 3.05) is 0 Å². The highest BCUT2D eigenvalue weighted by Crippen LogP contribution is 2.26. The van der Waals surface area contributed by atoms with E-state index in [0.717, 1.165) is 5.75 Å². The second-order valence-corrected chi connectivity index (χ2v) is 5.95. The maximum absolute atomic E-state index is 5.97. The Labute approximate surface area is 116 Å². The molecule has 2 rings (SSSR count). The van der Waals surface area contributed by atoms with Crippen molar-refractivity contribution in [1.82, 2.24) is 0 Å². The first-order chi connectivity index (χ1) is 8.97. The molecule has 0 spiro atoms. The lowest BCUT2D eigenvalue weighted by atomic mass is 9.87. The topological polar surface area (TPSA) is 9.23 Å². The molecule has 0 aliphatic heterocycles. The molecule has 19 heavy (non-hydrogen) atoms. The van der Waals surface area contributed by atoms with Gasteiger partial charge in [-0.15, -0.1) is 0 Å². The van der Waals surface area contributed by atoms with Gasteiger partial charge < -0.3 is 4.74 Å². The van der Waals surface area contributed by atoms with Gasteiger partial charge >= 0.3 is 0 Å². The Morgan fingerprint density at radius 3 is 1.95 bits per heavy atom. The van der Waals surface area contributed by atoms with Crippen LogP contribution in [0, 0.1) is 0 Å². The molecule has 0 heterocycles. The van der Waals surface area contributed by atoms with E-state index in [1.54, 1.807) is 0 Å². The van der Waals surface area contributed by atoms with Crippen LogP contribution in [-0.4, -0.2) is 0 Å². The first kappa shape index (κ1) is 13.7. The van der Waals surface area contributed by atoms with Crippen LogP contribution < -0.4 is 4.74 Å². The molecule has 0 N–H and O–H groups in total. The van der Waals surface area contributed by atoms with Crippen LogP contribution in [0.5, 0.6) is 5.75 Å². The predicted octanol–water partition coefficient (Wildman–Crippen LogP) is 5.12. The predicted molar refractivity (Wildman–Crippen MR) is 80.6 cm³/mol. The monoisotopic (exact) mass is 254 g/mol. The van der Waals surface area contributed by atoms with Crippen LogP contribution in [0.4, 0.5) is 0 Å². The molecule has 0 amide bonds. The first-order valence-electron chi connectivity index (χ1n) is 6.79. The lowest BCUT2D eigenvalue weighted by Gasteiger charge is -2.20. The van der Waals surface area contributed by atoms with Crippen molar-refractivity contribution in [3.8, 4) is 5.75 Å². The summed E-state index contributed by atoms with van der Waals surface area (Å²) in [7, 11) is 0. The summed E-state index contributed by atoms with van der Waals surface area (Å²) >= 11 is 0. The van der Waals surface area contributed by atoms with Gasteiger partial charge in [0.25, 0.3) is 0 Å². The molecule has 2 aromatic carbocycles. The molecule has 0 saturated carbocycles. The Bertz CT molecular complexity index is 506. The molecule has 2 aromatic rings. The average Bonchev–Trinajstić information content (AvgIpc) is 2.39. The summed E-state index contributed by atoms with van der Waals surface area (Å²) in [6, 6.07) is 18.7. The van der Waals surface area contributed by atoms with Gasteiger partial charge in [-0.2, -0.15) is 0 Å². The standard InChI is InChI=1S/C18H22O/c1-14(15-8-6-5-7-9-15)19-17-12-10-16(11-13-17)18(2,3)4/h5-14H,1-4H3. The molecule has 1 heteroatoms. The van der Waals surface area contributed by atoms with Gasteiger partial charge in [0.05, 0.1) is 0 Å². The van der Waals surface area contributed by atoms with E-state index >= 15 is 0 Å². The summed E-state index contributed by atoms with van der Waals surface area (Å²) < 4.78 is 5.97. The van der Waals surface area contributed by atoms with E-state index in [1.807, 2.05) is 18.2 Å². The fourth-order valence-electron chi connectivity index (χ4n) is 2.03. The second-order valence-electron chi connectivity index (χ2n) is 5.95. The average molecular weight is 254 g/mol. The quantitative estimate of drug-likeness (QED) is 0.738. The molecule has 0 bridgehead atoms. The Morgan fingerprint density at radius 1 is 0.842 bits per heavy atom. The van der Waals surface area contributed by atoms with E-state index in [0.29, 0.717) is 0 Å². The van der Waals surface area contributed by atoms with Crippen LogP contribution >= 0.6 is 0 Å². The third-order valence-corrected chi connectivity index (χ3v) is 3.30. The van der Waals surface area contributed by atoms with Crippen molar-refractivity contribution in [3.05, 3.63) is 65.7 Å². The van der Waals surface area contributed by atoms with Crippen LogP contribution in [0.15, 0.2) is 54.6 Å². The van der Waals surface area contributed by atoms with Crippen molar-refractivity contribution in [2.24, 2.45) is 0 Å². The van der Waals surface area contributed by atoms with E-state index in [-0.39, 0.29) is 11.5 Å². The Balaban J connectivity index is 2.08. The van der Waals surface area contributed by atoms with Crippen molar-refractivity contribution in [1.29, 1.82) is 0 Å². The summed E-state index contributed by atoms with van der Waals surface area (Å²) in [5.41, 5.74) is 2.71. The van der Waals surface area contributed by atoms with Crippen LogP contribution in [-0.2, 0) is 5.41 Å². The van der Waals surface area contributed by atoms with Crippen LogP contribution in [0.3, 0.4) is 0 Å². The van der Waals surface area contributed by atoms with E-state index in [1.165, 1.54) is 11.1 Å². The summed E-state index contributed by atoms with van der Waals surface area (Å²) in [4.78, 5) is 0. The molecule has 1 atom stereocenters. The highest BCUT2D eigenvalue weighted by molar-refractivity contribution is 5.31. The third-order valence-electron chi connectivity index (χ3n) is 3.30. The zero-order valence-corrected chi connectivity index (χ0v) is 12.2. The van der Waals surface area contributed by atoms with Gasteiger partial charge in [0.1, 0.15) is 11.9 Å². The minimum Gasteiger partial charge on any atom is -0.486 e. The van der Waals surface area contributed by atoms with Gasteiger partial charge in [-0.05, 0) is 35.6 Å². The minimum absolute atomic E-state index is 0.0710. The summed E-state index contributed by atoms with van der Waals surface area (Å²) in [6.07, 6.45) is 0.0710. The fourth-order valence-corrected chi connectivity index (χ4v) is 2.03. The SMILES string of the molecule is CC(Oc1ccc(C(C)(C)C)cc1)c1ccccc1. The smallest absolute Gasteiger partial charge is 0.121 e. The van der Waals surface area contributed by atoms with E-state index < -0.39 is 0 Å². The zero-order chi connectivity index (χ0) is 13.9. The highest BCUT2D eigenvalue weighted by Gasteiger charge is 2.13. The number of ether oxygens (including phenoxy) is 1. The maximum Gasteiger partial charge on any atom is 0.121 e. The zero-order valence-electron chi connectivity index (χ0n) is 12.2. The van der Waals surface area contributed by atoms with E-state index in [9.17, 15) is 0 Å². The molecule has 0 aromatic heterocycles. The molecule has 1 unspecified atom stereocenters. The second kappa shape index (κ2) is 5.48. The van der Waals surface area contributed by atoms with Crippen molar-refractivity contribution in [3.63, 3.8) is 0 Å². The van der Waals surface area contributed by atoms with Gasteiger partial charge in [0, 0.05) is 0 Å². The number of hydrogen-bond donors (Lipinski definition) is 0. The van der Waals surface area contributed by atoms with E-state index in [4.69, 9.17) is 4.74 Å². The molecule has 0 aliphatic carbocycles. The third kappa shape index (κ3) is 3.60. The Hall–Kier alpha value is -1.76. The molecule has 0 saturated heterocycles. The molecule has 0 radical (unpaired) electrons. The molecule has 0 aliphatic rings. The van der Waals surface area contributed by atoms with Gasteiger partial charge in [-0.3, -0.25) is 0 Å². The van der Waals surface area contributed by atoms with E-state index in [2.05, 4.69) is 64.1 Å². The summed E-state index contributed by atoms with van der Waals surface area (Å²) in [5, 5.41) is 0. The summed E-state index contributed by atoms with van der Waals surface area (Å²) in [6.45, 7) is 8.73. The van der Waals surface area contributed by atoms with Gasteiger partial charge in [-0.1, -0.05) is 63.2 Å². The first-order valence-corrected chi connectivity index (χ1v) is 6.79. The number of benzene rings is 2. The Morgan fingerprint density at radius 2 is 1.42 bits per heavy atom. The lowest BCUT2D eigenvalue weighted by Crippen LogP contribution is -2.10. The largest absolute Gasteiger partial charge is 0.486 e. The molecular weight excluding hydrogens is 232 g/mol. The lowest BCUT2D eigenvalue weighted by molar-refractivity contribution is 0.227. The van der Waals surface area contributed by atoms with Crippen LogP contribution in [0.1, 0.15) is 44.9 Å². The van der Waals surface area contributed by atoms with Crippen molar-refractivity contribution in [2.45, 2.75) is 39.2 Å². The highest BCUT2D eigenvalue weighted by atomic mass is 16.5. The molecule has 100 valence electrons. The summed E-state index contributed by atoms with van der Waals surface area (Å²) in [5.74, 6) is 0.921. The molecule has 1 nitrogen and oxygen atoms in total. The van der Waals surface area contributed by atoms with Gasteiger partial charge in [0.15, 0.2) is 0 Å². The maximum atomic E-state index is 5.97. The minimum atomic E-state index is 0.0710. The normalized spacial score (nSPS) is 13.1. The fraction of sp³-hybridized carbons (Fsp3) is 0.333. The number of rotatable bonds is 3. The number of hydrogen-bond acceptors (Lipinski definition) is 1. The van der Waals surface area contributed by atoms with Crippen LogP contribution in [0.25, 0.3) is 0 Å². The van der Waals surface area contributed by atoms with Crippen LogP contribution in [0.2, 0.25) is 0 Å². The molecule has 0 fully saturated rings.